The molecular formula is C15H17Cl2N3O. The number of nitrogens with one attached hydrogen (secondary N) is 1. The van der Waals surface area contributed by atoms with Crippen molar-refractivity contribution < 1.29 is 4.74 Å². The van der Waals surface area contributed by atoms with E-state index in [0.717, 1.165) is 24.3 Å². The van der Waals surface area contributed by atoms with Crippen LogP contribution in [-0.2, 0) is 0 Å². The zero-order chi connectivity index (χ0) is 15.4. The Morgan fingerprint density at radius 2 is 1.76 bits per heavy atom. The van der Waals surface area contributed by atoms with Crippen LogP contribution in [-0.4, -0.2) is 16.5 Å². The molecule has 0 saturated carbocycles. The molecule has 1 aromatic carbocycles. The molecule has 4 nitrogen and oxygen atoms in total. The zero-order valence-electron chi connectivity index (χ0n) is 12.2. The van der Waals surface area contributed by atoms with Gasteiger partial charge in [-0.15, -0.1) is 0 Å². The van der Waals surface area contributed by atoms with Crippen LogP contribution >= 0.6 is 23.2 Å². The fourth-order valence-electron chi connectivity index (χ4n) is 1.82. The van der Waals surface area contributed by atoms with Gasteiger partial charge in [-0.05, 0) is 38.5 Å². The highest BCUT2D eigenvalue weighted by Gasteiger charge is 2.11. The summed E-state index contributed by atoms with van der Waals surface area (Å²) in [7, 11) is 0. The van der Waals surface area contributed by atoms with Crippen LogP contribution in [0, 0.1) is 13.8 Å². The molecule has 0 radical (unpaired) electrons. The highest BCUT2D eigenvalue weighted by Crippen LogP contribution is 2.30. The number of hydrogen-bond acceptors (Lipinski definition) is 4. The van der Waals surface area contributed by atoms with Gasteiger partial charge >= 0.3 is 0 Å². The largest absolute Gasteiger partial charge is 0.438 e. The number of anilines is 1. The second-order valence-electron chi connectivity index (χ2n) is 4.68. The summed E-state index contributed by atoms with van der Waals surface area (Å²) in [5.74, 6) is 2.48. The number of halogens is 2. The van der Waals surface area contributed by atoms with Gasteiger partial charge in [0, 0.05) is 16.6 Å². The van der Waals surface area contributed by atoms with Crippen LogP contribution in [0.15, 0.2) is 18.2 Å². The molecule has 1 N–H and O–H groups in total. The quantitative estimate of drug-likeness (QED) is 0.838. The molecule has 0 bridgehead atoms. The number of rotatable bonds is 5. The standard InChI is InChI=1S/C15H17Cl2N3O/c1-4-5-18-14-9(2)15(20-10(3)19-14)21-13-7-11(16)6-12(17)8-13/h6-8H,4-5H2,1-3H3,(H,18,19,20). The Kier molecular flexibility index (Phi) is 5.26. The van der Waals surface area contributed by atoms with Gasteiger partial charge in [-0.25, -0.2) is 4.98 Å². The highest BCUT2D eigenvalue weighted by molar-refractivity contribution is 6.34. The Bertz CT molecular complexity index is 627. The van der Waals surface area contributed by atoms with E-state index in [-0.39, 0.29) is 0 Å². The summed E-state index contributed by atoms with van der Waals surface area (Å²) >= 11 is 12.0. The van der Waals surface area contributed by atoms with E-state index in [1.807, 2.05) is 13.8 Å². The molecule has 0 aliphatic heterocycles. The summed E-state index contributed by atoms with van der Waals surface area (Å²) < 4.78 is 5.81. The number of aryl methyl sites for hydroxylation is 1. The van der Waals surface area contributed by atoms with Crippen molar-refractivity contribution in [2.24, 2.45) is 0 Å². The van der Waals surface area contributed by atoms with Crippen molar-refractivity contribution in [2.75, 3.05) is 11.9 Å². The molecule has 0 amide bonds. The first kappa shape index (κ1) is 15.9. The summed E-state index contributed by atoms with van der Waals surface area (Å²) in [6, 6.07) is 5.05. The molecule has 0 atom stereocenters. The van der Waals surface area contributed by atoms with Crippen LogP contribution in [0.5, 0.6) is 11.6 Å². The van der Waals surface area contributed by atoms with E-state index in [1.165, 1.54) is 0 Å². The lowest BCUT2D eigenvalue weighted by atomic mass is 10.3. The van der Waals surface area contributed by atoms with Gasteiger partial charge in [0.15, 0.2) is 0 Å². The van der Waals surface area contributed by atoms with Crippen LogP contribution in [0.1, 0.15) is 24.7 Å². The summed E-state index contributed by atoms with van der Waals surface area (Å²) in [5, 5.41) is 4.31. The molecule has 0 spiro atoms. The van der Waals surface area contributed by atoms with Gasteiger partial charge in [0.1, 0.15) is 17.4 Å². The van der Waals surface area contributed by atoms with Crippen molar-refractivity contribution in [3.8, 4) is 11.6 Å². The zero-order valence-corrected chi connectivity index (χ0v) is 13.7. The highest BCUT2D eigenvalue weighted by atomic mass is 35.5. The first-order chi connectivity index (χ1) is 9.99. The lowest BCUT2D eigenvalue weighted by Gasteiger charge is -2.13. The number of ether oxygens (including phenoxy) is 1. The summed E-state index contributed by atoms with van der Waals surface area (Å²) in [6.07, 6.45) is 1.02. The Morgan fingerprint density at radius 3 is 2.38 bits per heavy atom. The third-order valence-electron chi connectivity index (χ3n) is 2.81. The van der Waals surface area contributed by atoms with Gasteiger partial charge in [-0.1, -0.05) is 30.1 Å². The molecule has 0 aliphatic carbocycles. The maximum Gasteiger partial charge on any atom is 0.227 e. The minimum Gasteiger partial charge on any atom is -0.438 e. The Hall–Kier alpha value is -1.52. The number of nitrogens with zero attached hydrogens (tertiary/aromatic N) is 2. The lowest BCUT2D eigenvalue weighted by Crippen LogP contribution is -2.07. The summed E-state index contributed by atoms with van der Waals surface area (Å²) in [4.78, 5) is 8.73. The lowest BCUT2D eigenvalue weighted by molar-refractivity contribution is 0.456. The topological polar surface area (TPSA) is 47.0 Å². The van der Waals surface area contributed by atoms with Gasteiger partial charge in [-0.3, -0.25) is 0 Å². The fourth-order valence-corrected chi connectivity index (χ4v) is 2.32. The van der Waals surface area contributed by atoms with Gasteiger partial charge < -0.3 is 10.1 Å². The Labute approximate surface area is 134 Å². The van der Waals surface area contributed by atoms with E-state index < -0.39 is 0 Å². The molecule has 0 fully saturated rings. The predicted molar refractivity (Wildman–Crippen MR) is 86.8 cm³/mol. The molecule has 6 heteroatoms. The Morgan fingerprint density at radius 1 is 1.10 bits per heavy atom. The van der Waals surface area contributed by atoms with Crippen molar-refractivity contribution in [3.63, 3.8) is 0 Å². The summed E-state index contributed by atoms with van der Waals surface area (Å²) in [5.41, 5.74) is 0.852. The van der Waals surface area contributed by atoms with Gasteiger partial charge in [0.25, 0.3) is 0 Å². The smallest absolute Gasteiger partial charge is 0.227 e. The van der Waals surface area contributed by atoms with E-state index in [9.17, 15) is 0 Å². The molecule has 0 unspecified atom stereocenters. The van der Waals surface area contributed by atoms with Crippen molar-refractivity contribution in [1.82, 2.24) is 9.97 Å². The predicted octanol–water partition coefficient (Wildman–Crippen LogP) is 5.01. The maximum atomic E-state index is 5.98. The van der Waals surface area contributed by atoms with E-state index in [0.29, 0.717) is 27.5 Å². The van der Waals surface area contributed by atoms with Gasteiger partial charge in [0.2, 0.25) is 5.88 Å². The van der Waals surface area contributed by atoms with Gasteiger partial charge in [0.05, 0.1) is 5.56 Å². The molecular weight excluding hydrogens is 309 g/mol. The minimum absolute atomic E-state index is 0.499. The molecule has 1 heterocycles. The van der Waals surface area contributed by atoms with Crippen LogP contribution < -0.4 is 10.1 Å². The molecule has 112 valence electrons. The third kappa shape index (κ3) is 4.22. The Balaban J connectivity index is 2.32. The van der Waals surface area contributed by atoms with Crippen molar-refractivity contribution in [2.45, 2.75) is 27.2 Å². The normalized spacial score (nSPS) is 10.5. The van der Waals surface area contributed by atoms with Crippen molar-refractivity contribution in [3.05, 3.63) is 39.6 Å². The van der Waals surface area contributed by atoms with E-state index in [2.05, 4.69) is 22.2 Å². The second kappa shape index (κ2) is 6.96. The molecule has 2 aromatic rings. The minimum atomic E-state index is 0.499. The number of hydrogen-bond donors (Lipinski definition) is 1. The van der Waals surface area contributed by atoms with Crippen LogP contribution in [0.3, 0.4) is 0 Å². The monoisotopic (exact) mass is 325 g/mol. The van der Waals surface area contributed by atoms with Crippen LogP contribution in [0.2, 0.25) is 10.0 Å². The number of benzene rings is 1. The number of aromatic nitrogens is 2. The first-order valence-electron chi connectivity index (χ1n) is 6.72. The van der Waals surface area contributed by atoms with E-state index in [4.69, 9.17) is 27.9 Å². The summed E-state index contributed by atoms with van der Waals surface area (Å²) in [6.45, 7) is 6.69. The molecule has 2 rings (SSSR count). The average molecular weight is 326 g/mol. The van der Waals surface area contributed by atoms with E-state index >= 15 is 0 Å². The van der Waals surface area contributed by atoms with E-state index in [1.54, 1.807) is 18.2 Å². The first-order valence-corrected chi connectivity index (χ1v) is 7.48. The van der Waals surface area contributed by atoms with Crippen molar-refractivity contribution in [1.29, 1.82) is 0 Å². The molecule has 0 saturated heterocycles. The molecule has 21 heavy (non-hydrogen) atoms. The van der Waals surface area contributed by atoms with Crippen molar-refractivity contribution >= 4 is 29.0 Å². The fraction of sp³-hybridized carbons (Fsp3) is 0.333. The van der Waals surface area contributed by atoms with Crippen LogP contribution in [0.25, 0.3) is 0 Å². The second-order valence-corrected chi connectivity index (χ2v) is 5.56. The third-order valence-corrected chi connectivity index (χ3v) is 3.24. The van der Waals surface area contributed by atoms with Gasteiger partial charge in [-0.2, -0.15) is 4.98 Å². The average Bonchev–Trinajstić information content (AvgIpc) is 2.39. The SMILES string of the molecule is CCCNc1nc(C)nc(Oc2cc(Cl)cc(Cl)c2)c1C. The van der Waals surface area contributed by atoms with Crippen LogP contribution in [0.4, 0.5) is 5.82 Å². The molecule has 1 aromatic heterocycles. The molecule has 0 aliphatic rings. The maximum absolute atomic E-state index is 5.98.